The van der Waals surface area contributed by atoms with E-state index < -0.39 is 0 Å². The molecule has 0 fully saturated rings. The Balaban J connectivity index is 1.94. The van der Waals surface area contributed by atoms with Crippen LogP contribution >= 0.6 is 0 Å². The fourth-order valence-electron chi connectivity index (χ4n) is 1.68. The first kappa shape index (κ1) is 13.9. The van der Waals surface area contributed by atoms with Crippen molar-refractivity contribution in [1.29, 1.82) is 0 Å². The summed E-state index contributed by atoms with van der Waals surface area (Å²) in [6, 6.07) is 4.03. The van der Waals surface area contributed by atoms with E-state index in [0.29, 0.717) is 12.5 Å². The van der Waals surface area contributed by atoms with Gasteiger partial charge in [-0.15, -0.1) is 11.7 Å². The summed E-state index contributed by atoms with van der Waals surface area (Å²) in [6.07, 6.45) is 7.95. The Morgan fingerprint density at radius 1 is 1.35 bits per heavy atom. The van der Waals surface area contributed by atoms with Crippen LogP contribution in [-0.4, -0.2) is 40.3 Å². The molecule has 0 spiro atoms. The van der Waals surface area contributed by atoms with Crippen LogP contribution in [-0.2, 0) is 6.42 Å². The van der Waals surface area contributed by atoms with Gasteiger partial charge in [0.2, 0.25) is 5.95 Å². The highest BCUT2D eigenvalue weighted by atomic mass is 15.3. The first-order chi connectivity index (χ1) is 9.79. The van der Waals surface area contributed by atoms with Gasteiger partial charge in [0.1, 0.15) is 0 Å². The lowest BCUT2D eigenvalue weighted by molar-refractivity contribution is 0.838. The zero-order chi connectivity index (χ0) is 14.2. The van der Waals surface area contributed by atoms with E-state index in [2.05, 4.69) is 32.1 Å². The van der Waals surface area contributed by atoms with Crippen LogP contribution < -0.4 is 10.2 Å². The molecular weight excluding hydrogens is 252 g/mol. The minimum atomic E-state index is 0.512. The van der Waals surface area contributed by atoms with Gasteiger partial charge in [0.05, 0.1) is 6.20 Å². The van der Waals surface area contributed by atoms with E-state index in [9.17, 15) is 0 Å². The van der Waals surface area contributed by atoms with E-state index in [1.165, 1.54) is 5.56 Å². The standard InChI is InChI=1S/C14H18N6/c1-3-7-16-14-18-13(11-17-19-14)20(2)10-6-12-4-8-15-9-5-12/h3-5,8-9,11H,1,6-7,10H2,2H3,(H,16,18,19). The lowest BCUT2D eigenvalue weighted by Crippen LogP contribution is -2.22. The molecule has 0 aliphatic rings. The van der Waals surface area contributed by atoms with Gasteiger partial charge in [-0.1, -0.05) is 6.08 Å². The van der Waals surface area contributed by atoms with Gasteiger partial charge in [-0.2, -0.15) is 10.1 Å². The van der Waals surface area contributed by atoms with E-state index in [1.54, 1.807) is 24.7 Å². The van der Waals surface area contributed by atoms with Crippen molar-refractivity contribution in [2.75, 3.05) is 30.4 Å². The largest absolute Gasteiger partial charge is 0.358 e. The van der Waals surface area contributed by atoms with E-state index in [0.717, 1.165) is 18.8 Å². The summed E-state index contributed by atoms with van der Waals surface area (Å²) in [5.41, 5.74) is 1.25. The summed E-state index contributed by atoms with van der Waals surface area (Å²) < 4.78 is 0. The number of aromatic nitrogens is 4. The van der Waals surface area contributed by atoms with Crippen molar-refractivity contribution in [3.05, 3.63) is 48.9 Å². The van der Waals surface area contributed by atoms with E-state index >= 15 is 0 Å². The van der Waals surface area contributed by atoms with Gasteiger partial charge in [0.15, 0.2) is 5.82 Å². The second kappa shape index (κ2) is 7.18. The highest BCUT2D eigenvalue weighted by Gasteiger charge is 2.05. The van der Waals surface area contributed by atoms with Gasteiger partial charge in [-0.05, 0) is 24.1 Å². The van der Waals surface area contributed by atoms with Crippen molar-refractivity contribution in [2.45, 2.75) is 6.42 Å². The van der Waals surface area contributed by atoms with Crippen LogP contribution in [0.3, 0.4) is 0 Å². The molecule has 2 aromatic heterocycles. The molecule has 0 saturated heterocycles. The van der Waals surface area contributed by atoms with Gasteiger partial charge in [0.25, 0.3) is 0 Å². The molecule has 0 saturated carbocycles. The highest BCUT2D eigenvalue weighted by Crippen LogP contribution is 2.09. The fraction of sp³-hybridized carbons (Fsp3) is 0.286. The van der Waals surface area contributed by atoms with Crippen LogP contribution in [0, 0.1) is 0 Å². The Kier molecular flexibility index (Phi) is 5.00. The Labute approximate surface area is 118 Å². The van der Waals surface area contributed by atoms with E-state index in [4.69, 9.17) is 0 Å². The molecule has 2 heterocycles. The smallest absolute Gasteiger partial charge is 0.244 e. The molecule has 0 aliphatic carbocycles. The highest BCUT2D eigenvalue weighted by molar-refractivity contribution is 5.39. The van der Waals surface area contributed by atoms with Crippen LogP contribution in [0.25, 0.3) is 0 Å². The summed E-state index contributed by atoms with van der Waals surface area (Å²) in [7, 11) is 1.99. The van der Waals surface area contributed by atoms with Crippen molar-refractivity contribution in [2.24, 2.45) is 0 Å². The Morgan fingerprint density at radius 3 is 2.90 bits per heavy atom. The van der Waals surface area contributed by atoms with Gasteiger partial charge < -0.3 is 10.2 Å². The van der Waals surface area contributed by atoms with E-state index in [-0.39, 0.29) is 0 Å². The summed E-state index contributed by atoms with van der Waals surface area (Å²) in [5, 5.41) is 10.9. The maximum Gasteiger partial charge on any atom is 0.244 e. The molecule has 1 N–H and O–H groups in total. The maximum atomic E-state index is 4.40. The number of likely N-dealkylation sites (N-methyl/N-ethyl adjacent to an activating group) is 1. The average Bonchev–Trinajstić information content (AvgIpc) is 2.52. The number of hydrogen-bond acceptors (Lipinski definition) is 6. The van der Waals surface area contributed by atoms with Crippen molar-refractivity contribution in [3.8, 4) is 0 Å². The van der Waals surface area contributed by atoms with Gasteiger partial charge in [0, 0.05) is 32.5 Å². The molecule has 6 heteroatoms. The fourth-order valence-corrected chi connectivity index (χ4v) is 1.68. The van der Waals surface area contributed by atoms with Gasteiger partial charge in [-0.25, -0.2) is 0 Å². The third-order valence-electron chi connectivity index (χ3n) is 2.83. The minimum absolute atomic E-state index is 0.512. The van der Waals surface area contributed by atoms with Crippen LogP contribution in [0.2, 0.25) is 0 Å². The SMILES string of the molecule is C=CCNc1nncc(N(C)CCc2ccncc2)n1. The van der Waals surface area contributed by atoms with Crippen LogP contribution in [0.1, 0.15) is 5.56 Å². The summed E-state index contributed by atoms with van der Waals surface area (Å²) in [5.74, 6) is 1.30. The molecule has 2 rings (SSSR count). The molecule has 0 bridgehead atoms. The van der Waals surface area contributed by atoms with Gasteiger partial charge in [-0.3, -0.25) is 4.98 Å². The molecule has 6 nitrogen and oxygen atoms in total. The number of anilines is 2. The first-order valence-electron chi connectivity index (χ1n) is 6.44. The predicted octanol–water partition coefficient (Wildman–Crippen LogP) is 1.54. The molecule has 0 atom stereocenters. The van der Waals surface area contributed by atoms with Crippen molar-refractivity contribution in [1.82, 2.24) is 20.2 Å². The Morgan fingerprint density at radius 2 is 2.15 bits per heavy atom. The lowest BCUT2D eigenvalue weighted by atomic mass is 10.2. The number of nitrogens with one attached hydrogen (secondary N) is 1. The molecule has 104 valence electrons. The summed E-state index contributed by atoms with van der Waals surface area (Å²) in [4.78, 5) is 10.5. The predicted molar refractivity (Wildman–Crippen MR) is 79.7 cm³/mol. The monoisotopic (exact) mass is 270 g/mol. The maximum absolute atomic E-state index is 4.40. The second-order valence-electron chi connectivity index (χ2n) is 4.33. The van der Waals surface area contributed by atoms with Crippen molar-refractivity contribution in [3.63, 3.8) is 0 Å². The van der Waals surface area contributed by atoms with E-state index in [1.807, 2.05) is 24.1 Å². The molecule has 0 unspecified atom stereocenters. The minimum Gasteiger partial charge on any atom is -0.358 e. The molecule has 2 aromatic rings. The lowest BCUT2D eigenvalue weighted by Gasteiger charge is -2.17. The van der Waals surface area contributed by atoms with Crippen molar-refractivity contribution < 1.29 is 0 Å². The second-order valence-corrected chi connectivity index (χ2v) is 4.33. The molecule has 0 aromatic carbocycles. The summed E-state index contributed by atoms with van der Waals surface area (Å²) in [6.45, 7) is 5.11. The Bertz CT molecular complexity index is 542. The topological polar surface area (TPSA) is 66.8 Å². The van der Waals surface area contributed by atoms with Crippen molar-refractivity contribution >= 4 is 11.8 Å². The average molecular weight is 270 g/mol. The molecule has 0 radical (unpaired) electrons. The molecule has 0 amide bonds. The van der Waals surface area contributed by atoms with Crippen LogP contribution in [0.15, 0.2) is 43.4 Å². The molecular formula is C14H18N6. The number of nitrogens with zero attached hydrogens (tertiary/aromatic N) is 5. The third kappa shape index (κ3) is 4.01. The van der Waals surface area contributed by atoms with Crippen LogP contribution in [0.4, 0.5) is 11.8 Å². The quantitative estimate of drug-likeness (QED) is 0.770. The number of rotatable bonds is 7. The first-order valence-corrected chi connectivity index (χ1v) is 6.44. The zero-order valence-electron chi connectivity index (χ0n) is 11.5. The third-order valence-corrected chi connectivity index (χ3v) is 2.83. The molecule has 20 heavy (non-hydrogen) atoms. The zero-order valence-corrected chi connectivity index (χ0v) is 11.5. The van der Waals surface area contributed by atoms with Gasteiger partial charge >= 0.3 is 0 Å². The Hall–Kier alpha value is -2.50. The number of hydrogen-bond donors (Lipinski definition) is 1. The number of pyridine rings is 1. The molecule has 0 aliphatic heterocycles. The summed E-state index contributed by atoms with van der Waals surface area (Å²) >= 11 is 0. The normalized spacial score (nSPS) is 10.1. The van der Waals surface area contributed by atoms with Crippen LogP contribution in [0.5, 0.6) is 0 Å².